The first-order chi connectivity index (χ1) is 25.6. The van der Waals surface area contributed by atoms with Crippen molar-refractivity contribution in [1.82, 2.24) is 19.5 Å². The number of aliphatic hydroxyl groups excluding tert-OH is 4. The van der Waals surface area contributed by atoms with Crippen LogP contribution in [0.4, 0.5) is 5.82 Å². The molecule has 0 saturated carbocycles. The lowest BCUT2D eigenvalue weighted by Crippen LogP contribution is -2.46. The van der Waals surface area contributed by atoms with Crippen molar-refractivity contribution in [1.29, 1.82) is 0 Å². The van der Waals surface area contributed by atoms with Gasteiger partial charge in [-0.15, -0.1) is 0 Å². The molecule has 0 spiro atoms. The minimum atomic E-state index is -5.67. The number of aliphatic hydroxyl groups is 4. The molecule has 2 amide bonds. The highest BCUT2D eigenvalue weighted by Crippen LogP contribution is 2.58. The summed E-state index contributed by atoms with van der Waals surface area (Å²) in [7, 11) is -11.2. The Morgan fingerprint density at radius 1 is 1.02 bits per heavy atom. The Hall–Kier alpha value is -3.86. The second-order valence-electron chi connectivity index (χ2n) is 12.4. The van der Waals surface area contributed by atoms with Crippen LogP contribution in [0, 0.1) is 0 Å². The Morgan fingerprint density at radius 3 is 2.41 bits per heavy atom. The van der Waals surface area contributed by atoms with E-state index in [2.05, 4.69) is 23.8 Å². The third-order valence-electron chi connectivity index (χ3n) is 8.68. The Balaban J connectivity index is 1.07. The first-order valence-electron chi connectivity index (χ1n) is 16.4. The number of rotatable bonds is 15. The molecule has 292 valence electrons. The molecule has 10 atom stereocenters. The van der Waals surface area contributed by atoms with Crippen molar-refractivity contribution in [2.45, 2.75) is 74.9 Å². The number of amides is 2. The molecule has 6 rings (SSSR count). The maximum Gasteiger partial charge on any atom is 0.478 e. The Morgan fingerprint density at radius 2 is 1.70 bits per heavy atom. The molecule has 5 heterocycles. The van der Waals surface area contributed by atoms with E-state index in [1.165, 1.54) is 51.2 Å². The van der Waals surface area contributed by atoms with Crippen molar-refractivity contribution in [3.63, 3.8) is 0 Å². The molecule has 7 N–H and O–H groups in total. The van der Waals surface area contributed by atoms with Gasteiger partial charge in [0.05, 0.1) is 25.6 Å². The second kappa shape index (κ2) is 16.1. The van der Waals surface area contributed by atoms with Gasteiger partial charge in [-0.3, -0.25) is 28.1 Å². The van der Waals surface area contributed by atoms with Crippen LogP contribution in [0.1, 0.15) is 42.6 Å². The molecule has 54 heavy (non-hydrogen) atoms. The summed E-state index contributed by atoms with van der Waals surface area (Å²) in [6, 6.07) is 2.38. The van der Waals surface area contributed by atoms with Crippen LogP contribution in [-0.2, 0) is 36.8 Å². The Kier molecular flexibility index (Phi) is 11.9. The summed E-state index contributed by atoms with van der Waals surface area (Å²) in [6.45, 7) is -0.0848. The van der Waals surface area contributed by atoms with Crippen LogP contribution in [-0.4, -0.2) is 113 Å². The van der Waals surface area contributed by atoms with Crippen LogP contribution >= 0.6 is 15.6 Å². The second-order valence-corrected chi connectivity index (χ2v) is 15.4. The lowest BCUT2D eigenvalue weighted by atomic mass is 10.1. The summed E-state index contributed by atoms with van der Waals surface area (Å²) in [5, 5.41) is 42.5. The van der Waals surface area contributed by atoms with E-state index >= 15 is 0 Å². The molecule has 24 heteroatoms. The first-order valence-corrected chi connectivity index (χ1v) is 19.4. The van der Waals surface area contributed by atoms with Gasteiger partial charge in [-0.25, -0.2) is 23.8 Å². The minimum absolute atomic E-state index is 0.0522. The predicted octanol–water partition coefficient (Wildman–Crippen LogP) is -1.60. The summed E-state index contributed by atoms with van der Waals surface area (Å²) >= 11 is 0. The van der Waals surface area contributed by atoms with Gasteiger partial charge in [0, 0.05) is 12.5 Å². The van der Waals surface area contributed by atoms with E-state index in [-0.39, 0.29) is 34.9 Å². The number of ether oxygens (including phenoxy) is 2. The van der Waals surface area contributed by atoms with Crippen LogP contribution in [0.2, 0.25) is 0 Å². The normalized spacial score (nSPS) is 29.1. The highest BCUT2D eigenvalue weighted by atomic mass is 31.3. The van der Waals surface area contributed by atoms with Crippen molar-refractivity contribution >= 4 is 44.4 Å². The zero-order chi connectivity index (χ0) is 38.9. The third-order valence-corrected chi connectivity index (χ3v) is 11.2. The fraction of sp³-hybridized carbons (Fsp3) is 0.467. The molecule has 2 saturated heterocycles. The van der Waals surface area contributed by atoms with Crippen LogP contribution in [0.15, 0.2) is 61.5 Å². The zero-order valence-electron chi connectivity index (χ0n) is 28.3. The van der Waals surface area contributed by atoms with E-state index in [1.54, 1.807) is 24.3 Å². The fourth-order valence-corrected chi connectivity index (χ4v) is 8.12. The molecular weight excluding hydrogens is 760 g/mol. The highest BCUT2D eigenvalue weighted by Gasteiger charge is 2.49. The Labute approximate surface area is 305 Å². The number of hydrogen-bond donors (Lipinski definition) is 6. The monoisotopic (exact) mass is 797 g/mol. The fourth-order valence-electron chi connectivity index (χ4n) is 6.07. The maximum atomic E-state index is 13.1. The number of phosphoric acid groups is 2. The molecule has 3 aromatic heterocycles. The van der Waals surface area contributed by atoms with Gasteiger partial charge in [0.15, 0.2) is 41.7 Å². The van der Waals surface area contributed by atoms with Gasteiger partial charge in [0.1, 0.15) is 42.4 Å². The van der Waals surface area contributed by atoms with Gasteiger partial charge in [-0.05, 0) is 12.5 Å². The molecule has 2 unspecified atom stereocenters. The van der Waals surface area contributed by atoms with Crippen LogP contribution in [0.5, 0.6) is 0 Å². The van der Waals surface area contributed by atoms with E-state index < -0.39 is 89.9 Å². The summed E-state index contributed by atoms with van der Waals surface area (Å²) in [5.41, 5.74) is 5.61. The molecule has 2 fully saturated rings. The summed E-state index contributed by atoms with van der Waals surface area (Å²) < 4.78 is 52.4. The number of phosphoric ester groups is 2. The van der Waals surface area contributed by atoms with Gasteiger partial charge in [-0.1, -0.05) is 31.2 Å². The number of nitrogens with two attached hydrogens (primary N) is 1. The minimum Gasteiger partial charge on any atom is -0.756 e. The van der Waals surface area contributed by atoms with E-state index in [0.717, 1.165) is 0 Å². The van der Waals surface area contributed by atoms with Gasteiger partial charge < -0.3 is 49.9 Å². The van der Waals surface area contributed by atoms with Gasteiger partial charge in [0.25, 0.3) is 20.0 Å². The highest BCUT2D eigenvalue weighted by molar-refractivity contribution is 7.60. The van der Waals surface area contributed by atoms with Crippen molar-refractivity contribution < 1.29 is 76.3 Å². The number of nitrogens with zero attached hydrogens (tertiary/aromatic N) is 6. The zero-order valence-corrected chi connectivity index (χ0v) is 30.1. The van der Waals surface area contributed by atoms with Crippen molar-refractivity contribution in [3.05, 3.63) is 67.0 Å². The van der Waals surface area contributed by atoms with Crippen LogP contribution in [0.25, 0.3) is 11.2 Å². The lowest BCUT2D eigenvalue weighted by molar-refractivity contribution is -0.765. The molecule has 2 aliphatic heterocycles. The number of imidazole rings is 1. The van der Waals surface area contributed by atoms with Crippen LogP contribution < -0.4 is 20.1 Å². The third kappa shape index (κ3) is 8.36. The van der Waals surface area contributed by atoms with E-state index in [4.69, 9.17) is 19.7 Å². The Bertz CT molecular complexity index is 2020. The number of carbonyl (C=O) groups is 2. The van der Waals surface area contributed by atoms with Crippen LogP contribution in [0.3, 0.4) is 0 Å². The van der Waals surface area contributed by atoms with Gasteiger partial charge in [0.2, 0.25) is 5.91 Å². The number of primary amides is 1. The first kappa shape index (κ1) is 39.8. The average Bonchev–Trinajstić information content (AvgIpc) is 3.92. The molecule has 1 aliphatic carbocycles. The number of pyridine rings is 1. The lowest BCUT2D eigenvalue weighted by Gasteiger charge is -2.26. The molecule has 0 aromatic carbocycles. The van der Waals surface area contributed by atoms with Crippen molar-refractivity contribution in [2.75, 3.05) is 18.1 Å². The summed E-state index contributed by atoms with van der Waals surface area (Å²) in [5.74, 6) is -0.812. The van der Waals surface area contributed by atoms with Gasteiger partial charge in [-0.2, -0.15) is 4.57 Å². The summed E-state index contributed by atoms with van der Waals surface area (Å²) in [4.78, 5) is 61.6. The molecule has 3 aromatic rings. The van der Waals surface area contributed by atoms with E-state index in [0.29, 0.717) is 6.42 Å². The number of hydrogen-bond acceptors (Lipinski definition) is 17. The molecule has 3 aliphatic rings. The van der Waals surface area contributed by atoms with Crippen molar-refractivity contribution in [2.24, 2.45) is 5.73 Å². The topological polar surface area (TPSA) is 315 Å². The predicted molar refractivity (Wildman–Crippen MR) is 177 cm³/mol. The molecular formula is C30H37N7O15P2. The molecule has 0 radical (unpaired) electrons. The molecule has 22 nitrogen and oxygen atoms in total. The quantitative estimate of drug-likeness (QED) is 0.0745. The number of fused-ring (bicyclic) bond motifs is 1. The smallest absolute Gasteiger partial charge is 0.478 e. The van der Waals surface area contributed by atoms with E-state index in [9.17, 15) is 48.9 Å². The average molecular weight is 798 g/mol. The number of anilines is 1. The number of allylic oxidation sites excluding steroid dienone is 2. The number of carbonyl (C=O) groups excluding carboxylic acids is 2. The number of aromatic nitrogens is 5. The summed E-state index contributed by atoms with van der Waals surface area (Å²) in [6.07, 6.45) is 0.635. The molecule has 0 bridgehead atoms. The SMILES string of the molecule is CCCC(=O)N(c1ncnc2c1ncn2[C@@H]1O[C@H](COP(=O)(O)OP(=O)([O-])OC[C@H]2O[C@@H]([n+]3cccc(C(N)=O)c3)[C@H](O)[C@@H]2O)[C@@H](O)[C@H]1O)C1C=CC=C1. The van der Waals surface area contributed by atoms with Gasteiger partial charge >= 0.3 is 7.82 Å². The van der Waals surface area contributed by atoms with E-state index in [1.807, 2.05) is 6.92 Å². The van der Waals surface area contributed by atoms with Crippen molar-refractivity contribution in [3.8, 4) is 0 Å². The maximum absolute atomic E-state index is 13.1. The largest absolute Gasteiger partial charge is 0.756 e. The standard InChI is InChI=1S/C30H37N7O15P2/c1-2-6-20(38)37(17-8-3-4-9-17)28-21-27(32-14-33-28)36(15-34-21)30-25(42)23(40)19(51-30)13-49-54(46,47)52-53(44,45)48-12-18-22(39)24(41)29(50-18)35-10-5-7-16(11-35)26(31)43/h3-5,7-11,14-15,17-19,22-25,29-30,39-42H,2,6,12-13H2,1H3,(H3-,31,43,44,45,46,47)/t18-,19-,22-,23-,24-,25-,29-,30-/m1/s1.